The highest BCUT2D eigenvalue weighted by atomic mass is 15.1. The van der Waals surface area contributed by atoms with Crippen molar-refractivity contribution in [2.75, 3.05) is 4.90 Å². The number of fused-ring (bicyclic) bond motifs is 5. The summed E-state index contributed by atoms with van der Waals surface area (Å²) in [6, 6.07) is 91.1. The number of hydrogen-bond donors (Lipinski definition) is 0. The number of benzene rings is 10. The molecule has 0 amide bonds. The van der Waals surface area contributed by atoms with Gasteiger partial charge in [0.15, 0.2) is 0 Å². The molecule has 0 spiro atoms. The summed E-state index contributed by atoms with van der Waals surface area (Å²) in [6.45, 7) is 0. The molecule has 60 heavy (non-hydrogen) atoms. The third-order valence-corrected chi connectivity index (χ3v) is 12.3. The monoisotopic (exact) mass is 763 g/mol. The van der Waals surface area contributed by atoms with Crippen molar-refractivity contribution in [2.24, 2.45) is 0 Å². The van der Waals surface area contributed by atoms with Crippen molar-refractivity contribution >= 4 is 27.8 Å². The fraction of sp³-hybridized carbons (Fsp3) is 0.0169. The Morgan fingerprint density at radius 1 is 0.283 bits per heavy atom. The zero-order chi connectivity index (χ0) is 39.9. The molecule has 1 aliphatic rings. The zero-order valence-corrected chi connectivity index (χ0v) is 33.1. The summed E-state index contributed by atoms with van der Waals surface area (Å²) in [6.07, 6.45) is 0. The number of nitrogens with zero attached hydrogens (tertiary/aromatic N) is 1. The summed E-state index contributed by atoms with van der Waals surface area (Å²) in [7, 11) is 0. The van der Waals surface area contributed by atoms with E-state index >= 15 is 0 Å². The van der Waals surface area contributed by atoms with E-state index < -0.39 is 5.41 Å². The van der Waals surface area contributed by atoms with E-state index in [1.54, 1.807) is 0 Å². The summed E-state index contributed by atoms with van der Waals surface area (Å²) in [5.74, 6) is 0. The van der Waals surface area contributed by atoms with Gasteiger partial charge in [-0.05, 0) is 109 Å². The van der Waals surface area contributed by atoms with Crippen LogP contribution in [0.15, 0.2) is 249 Å². The molecule has 0 saturated heterocycles. The number of rotatable bonds is 8. The van der Waals surface area contributed by atoms with Crippen LogP contribution in [0.3, 0.4) is 0 Å². The van der Waals surface area contributed by atoms with Gasteiger partial charge in [-0.2, -0.15) is 0 Å². The maximum Gasteiger partial charge on any atom is 0.0719 e. The normalized spacial score (nSPS) is 12.5. The van der Waals surface area contributed by atoms with Crippen LogP contribution in [0.1, 0.15) is 22.3 Å². The quantitative estimate of drug-likeness (QED) is 0.149. The van der Waals surface area contributed by atoms with E-state index in [-0.39, 0.29) is 0 Å². The lowest BCUT2D eigenvalue weighted by Gasteiger charge is -2.35. The molecule has 1 nitrogen and oxygen atoms in total. The Hall–Kier alpha value is -7.74. The smallest absolute Gasteiger partial charge is 0.0719 e. The van der Waals surface area contributed by atoms with Gasteiger partial charge in [-0.25, -0.2) is 0 Å². The zero-order valence-electron chi connectivity index (χ0n) is 33.1. The third kappa shape index (κ3) is 5.86. The topological polar surface area (TPSA) is 3.24 Å². The van der Waals surface area contributed by atoms with Crippen LogP contribution < -0.4 is 4.90 Å². The predicted octanol–water partition coefficient (Wildman–Crippen LogP) is 15.7. The molecule has 10 aromatic rings. The second kappa shape index (κ2) is 14.9. The summed E-state index contributed by atoms with van der Waals surface area (Å²) in [4.78, 5) is 2.45. The van der Waals surface area contributed by atoms with Crippen molar-refractivity contribution in [2.45, 2.75) is 5.41 Å². The van der Waals surface area contributed by atoms with Gasteiger partial charge in [0.25, 0.3) is 0 Å². The minimum Gasteiger partial charge on any atom is -0.310 e. The van der Waals surface area contributed by atoms with E-state index in [4.69, 9.17) is 0 Å². The molecule has 0 aliphatic heterocycles. The van der Waals surface area contributed by atoms with Gasteiger partial charge in [0.05, 0.1) is 11.1 Å². The molecule has 0 atom stereocenters. The molecule has 0 aromatic heterocycles. The summed E-state index contributed by atoms with van der Waals surface area (Å²) < 4.78 is 0. The van der Waals surface area contributed by atoms with Gasteiger partial charge in [-0.3, -0.25) is 0 Å². The molecule has 0 saturated carbocycles. The Morgan fingerprint density at radius 2 is 0.667 bits per heavy atom. The summed E-state index contributed by atoms with van der Waals surface area (Å²) >= 11 is 0. The Kier molecular flexibility index (Phi) is 8.79. The SMILES string of the molecule is c1ccc(-c2ccc(N(c3ccc(-c4ccccc4)cc3)c3cc4c(c5ccccc35)C(c3ccccc3)(c3ccccc3)c3cc(-c5ccccc5)ccc3-4)cc2)cc1. The Balaban J connectivity index is 1.20. The van der Waals surface area contributed by atoms with Crippen LogP contribution in [-0.4, -0.2) is 0 Å². The molecular formula is C59H41N. The molecule has 10 aromatic carbocycles. The van der Waals surface area contributed by atoms with Crippen LogP contribution >= 0.6 is 0 Å². The van der Waals surface area contributed by atoms with Gasteiger partial charge in [0, 0.05) is 16.8 Å². The van der Waals surface area contributed by atoms with Crippen LogP contribution in [0.2, 0.25) is 0 Å². The lowest BCUT2D eigenvalue weighted by molar-refractivity contribution is 0.776. The van der Waals surface area contributed by atoms with Crippen LogP contribution in [0, 0.1) is 0 Å². The largest absolute Gasteiger partial charge is 0.310 e. The Bertz CT molecular complexity index is 2960. The molecular weight excluding hydrogens is 723 g/mol. The molecule has 0 bridgehead atoms. The average molecular weight is 764 g/mol. The Morgan fingerprint density at radius 3 is 1.15 bits per heavy atom. The molecule has 282 valence electrons. The predicted molar refractivity (Wildman–Crippen MR) is 252 cm³/mol. The standard InChI is InChI=1S/C59H41N/c1-6-18-42(19-7-1)45-30-35-50(36-31-45)60(51-37-32-46(33-38-51)43-20-8-2-9-21-43)57-41-55-52-39-34-47(44-22-10-3-11-23-44)40-56(52)59(48-24-12-4-13-25-48,49-26-14-5-15-27-49)58(55)54-29-17-16-28-53(54)57/h1-41H. The van der Waals surface area contributed by atoms with E-state index in [0.29, 0.717) is 0 Å². The first-order valence-corrected chi connectivity index (χ1v) is 20.8. The molecule has 11 rings (SSSR count). The van der Waals surface area contributed by atoms with Crippen LogP contribution in [-0.2, 0) is 5.41 Å². The molecule has 1 heteroatoms. The van der Waals surface area contributed by atoms with E-state index in [0.717, 1.165) is 17.1 Å². The van der Waals surface area contributed by atoms with E-state index in [2.05, 4.69) is 254 Å². The molecule has 1 aliphatic carbocycles. The molecule has 0 heterocycles. The molecule has 0 N–H and O–H groups in total. The Labute approximate surface area is 352 Å². The number of hydrogen-bond acceptors (Lipinski definition) is 1. The van der Waals surface area contributed by atoms with E-state index in [1.165, 1.54) is 77.5 Å². The van der Waals surface area contributed by atoms with Crippen molar-refractivity contribution in [3.63, 3.8) is 0 Å². The van der Waals surface area contributed by atoms with Crippen molar-refractivity contribution in [3.8, 4) is 44.5 Å². The minimum absolute atomic E-state index is 0.574. The van der Waals surface area contributed by atoms with Crippen molar-refractivity contribution < 1.29 is 0 Å². The second-order valence-electron chi connectivity index (χ2n) is 15.6. The highest BCUT2D eigenvalue weighted by molar-refractivity contribution is 6.09. The van der Waals surface area contributed by atoms with Crippen LogP contribution in [0.4, 0.5) is 17.1 Å². The van der Waals surface area contributed by atoms with Gasteiger partial charge >= 0.3 is 0 Å². The summed E-state index contributed by atoms with van der Waals surface area (Å²) in [5, 5.41) is 2.44. The van der Waals surface area contributed by atoms with Gasteiger partial charge < -0.3 is 4.90 Å². The lowest BCUT2D eigenvalue weighted by Crippen LogP contribution is -2.29. The first-order chi connectivity index (χ1) is 29.8. The van der Waals surface area contributed by atoms with Crippen molar-refractivity contribution in [1.29, 1.82) is 0 Å². The van der Waals surface area contributed by atoms with Crippen molar-refractivity contribution in [1.82, 2.24) is 0 Å². The van der Waals surface area contributed by atoms with Crippen molar-refractivity contribution in [3.05, 3.63) is 271 Å². The molecule has 0 radical (unpaired) electrons. The highest BCUT2D eigenvalue weighted by Crippen LogP contribution is 2.60. The van der Waals surface area contributed by atoms with E-state index in [9.17, 15) is 0 Å². The fourth-order valence-corrected chi connectivity index (χ4v) is 9.63. The van der Waals surface area contributed by atoms with E-state index in [1.807, 2.05) is 0 Å². The average Bonchev–Trinajstić information content (AvgIpc) is 3.64. The lowest BCUT2D eigenvalue weighted by atomic mass is 9.66. The first kappa shape index (κ1) is 35.4. The van der Waals surface area contributed by atoms with Gasteiger partial charge in [-0.15, -0.1) is 0 Å². The van der Waals surface area contributed by atoms with Gasteiger partial charge in [0.1, 0.15) is 0 Å². The maximum atomic E-state index is 2.47. The maximum absolute atomic E-state index is 2.47. The second-order valence-corrected chi connectivity index (χ2v) is 15.6. The fourth-order valence-electron chi connectivity index (χ4n) is 9.63. The van der Waals surface area contributed by atoms with Crippen LogP contribution in [0.25, 0.3) is 55.3 Å². The third-order valence-electron chi connectivity index (χ3n) is 12.3. The first-order valence-electron chi connectivity index (χ1n) is 20.8. The number of anilines is 3. The van der Waals surface area contributed by atoms with Gasteiger partial charge in [-0.1, -0.05) is 212 Å². The highest BCUT2D eigenvalue weighted by Gasteiger charge is 2.48. The van der Waals surface area contributed by atoms with Gasteiger partial charge in [0.2, 0.25) is 0 Å². The summed E-state index contributed by atoms with van der Waals surface area (Å²) in [5.41, 5.74) is 17.6. The minimum atomic E-state index is -0.574. The van der Waals surface area contributed by atoms with Crippen LogP contribution in [0.5, 0.6) is 0 Å². The molecule has 0 unspecified atom stereocenters. The molecule has 0 fully saturated rings.